The topological polar surface area (TPSA) is 41.6 Å². The molecule has 0 aliphatic carbocycles. The molecule has 0 saturated heterocycles. The van der Waals surface area contributed by atoms with Gasteiger partial charge in [-0.05, 0) is 48.2 Å². The Bertz CT molecular complexity index is 229. The van der Waals surface area contributed by atoms with Gasteiger partial charge in [-0.15, -0.1) is 0 Å². The zero-order valence-corrected chi connectivity index (χ0v) is 11.6. The number of hydrogen-bond acceptors (Lipinski definition) is 4. The molecular formula is C12H26N2O2. The minimum Gasteiger partial charge on any atom is -0.468 e. The van der Waals surface area contributed by atoms with Crippen molar-refractivity contribution in [3.05, 3.63) is 0 Å². The van der Waals surface area contributed by atoms with Crippen LogP contribution < -0.4 is 5.32 Å². The lowest BCUT2D eigenvalue weighted by Gasteiger charge is -2.34. The van der Waals surface area contributed by atoms with Crippen LogP contribution in [0.3, 0.4) is 0 Å². The van der Waals surface area contributed by atoms with Crippen LogP contribution in [0.1, 0.15) is 34.1 Å². The molecule has 0 aliphatic heterocycles. The predicted molar refractivity (Wildman–Crippen MR) is 66.5 cm³/mol. The van der Waals surface area contributed by atoms with E-state index in [1.165, 1.54) is 7.11 Å². The smallest absolute Gasteiger partial charge is 0.325 e. The second-order valence-electron chi connectivity index (χ2n) is 5.14. The Balaban J connectivity index is 4.72. The maximum Gasteiger partial charge on any atom is 0.325 e. The molecule has 0 bridgehead atoms. The molecule has 0 fully saturated rings. The van der Waals surface area contributed by atoms with Gasteiger partial charge in [-0.1, -0.05) is 0 Å². The van der Waals surface area contributed by atoms with Crippen molar-refractivity contribution in [2.24, 2.45) is 0 Å². The van der Waals surface area contributed by atoms with Crippen LogP contribution in [-0.2, 0) is 9.53 Å². The van der Waals surface area contributed by atoms with Crippen LogP contribution in [0.4, 0.5) is 0 Å². The number of nitrogens with zero attached hydrogens (tertiary/aromatic N) is 1. The molecule has 0 aromatic rings. The van der Waals surface area contributed by atoms with E-state index in [0.717, 1.165) is 6.42 Å². The van der Waals surface area contributed by atoms with Crippen molar-refractivity contribution in [2.75, 3.05) is 21.2 Å². The van der Waals surface area contributed by atoms with Gasteiger partial charge in [0.15, 0.2) is 0 Å². The van der Waals surface area contributed by atoms with Crippen LogP contribution in [0.5, 0.6) is 0 Å². The van der Waals surface area contributed by atoms with Gasteiger partial charge in [0.05, 0.1) is 7.11 Å². The summed E-state index contributed by atoms with van der Waals surface area (Å²) in [6, 6.07) is 0.564. The maximum atomic E-state index is 11.8. The lowest BCUT2D eigenvalue weighted by atomic mass is 9.92. The Labute approximate surface area is 99.3 Å². The van der Waals surface area contributed by atoms with E-state index >= 15 is 0 Å². The van der Waals surface area contributed by atoms with Gasteiger partial charge in [0.2, 0.25) is 0 Å². The molecule has 0 radical (unpaired) electrons. The second-order valence-corrected chi connectivity index (χ2v) is 5.14. The Morgan fingerprint density at radius 3 is 2.19 bits per heavy atom. The molecule has 0 amide bonds. The van der Waals surface area contributed by atoms with Crippen LogP contribution >= 0.6 is 0 Å². The predicted octanol–water partition coefficient (Wildman–Crippen LogP) is 1.26. The molecule has 16 heavy (non-hydrogen) atoms. The van der Waals surface area contributed by atoms with Crippen molar-refractivity contribution in [1.29, 1.82) is 0 Å². The minimum atomic E-state index is -0.618. The van der Waals surface area contributed by atoms with Gasteiger partial charge in [0, 0.05) is 12.1 Å². The summed E-state index contributed by atoms with van der Waals surface area (Å²) in [5.41, 5.74) is -0.618. The third-order valence-corrected chi connectivity index (χ3v) is 2.83. The molecule has 2 unspecified atom stereocenters. The van der Waals surface area contributed by atoms with Gasteiger partial charge in [-0.2, -0.15) is 0 Å². The Morgan fingerprint density at radius 2 is 1.88 bits per heavy atom. The molecular weight excluding hydrogens is 204 g/mol. The number of nitrogens with one attached hydrogen (secondary N) is 1. The van der Waals surface area contributed by atoms with Gasteiger partial charge < -0.3 is 9.64 Å². The summed E-state index contributed by atoms with van der Waals surface area (Å²) >= 11 is 0. The lowest BCUT2D eigenvalue weighted by Crippen LogP contribution is -2.55. The molecule has 96 valence electrons. The fraction of sp³-hybridized carbons (Fsp3) is 0.917. The first-order chi connectivity index (χ1) is 7.23. The van der Waals surface area contributed by atoms with Crippen molar-refractivity contribution in [3.63, 3.8) is 0 Å². The highest BCUT2D eigenvalue weighted by Crippen LogP contribution is 2.17. The van der Waals surface area contributed by atoms with Crippen molar-refractivity contribution < 1.29 is 9.53 Å². The number of esters is 1. The summed E-state index contributed by atoms with van der Waals surface area (Å²) in [6.07, 6.45) is 0.727. The Hall–Kier alpha value is -0.610. The first-order valence-electron chi connectivity index (χ1n) is 5.75. The van der Waals surface area contributed by atoms with Crippen LogP contribution in [0.25, 0.3) is 0 Å². The van der Waals surface area contributed by atoms with Crippen LogP contribution in [0.2, 0.25) is 0 Å². The summed E-state index contributed by atoms with van der Waals surface area (Å²) < 4.78 is 4.88. The minimum absolute atomic E-state index is 0.199. The highest BCUT2D eigenvalue weighted by Gasteiger charge is 2.36. The number of rotatable bonds is 6. The molecule has 0 aromatic heterocycles. The molecule has 0 spiro atoms. The normalized spacial score (nSPS) is 17.3. The quantitative estimate of drug-likeness (QED) is 0.697. The van der Waals surface area contributed by atoms with Crippen LogP contribution in [-0.4, -0.2) is 49.7 Å². The van der Waals surface area contributed by atoms with E-state index < -0.39 is 5.54 Å². The highest BCUT2D eigenvalue weighted by molar-refractivity contribution is 5.80. The molecule has 0 heterocycles. The lowest BCUT2D eigenvalue weighted by molar-refractivity contribution is -0.149. The molecule has 4 heteroatoms. The molecule has 0 saturated carbocycles. The van der Waals surface area contributed by atoms with Gasteiger partial charge in [-0.3, -0.25) is 10.1 Å². The van der Waals surface area contributed by atoms with Crippen molar-refractivity contribution in [3.8, 4) is 0 Å². The van der Waals surface area contributed by atoms with Crippen molar-refractivity contribution >= 4 is 5.97 Å². The van der Waals surface area contributed by atoms with Crippen LogP contribution in [0, 0.1) is 0 Å². The van der Waals surface area contributed by atoms with Gasteiger partial charge in [-0.25, -0.2) is 0 Å². The van der Waals surface area contributed by atoms with Gasteiger partial charge in [0.1, 0.15) is 5.54 Å². The summed E-state index contributed by atoms with van der Waals surface area (Å²) in [5.74, 6) is -0.199. The number of carbonyl (C=O) groups is 1. The average molecular weight is 230 g/mol. The van der Waals surface area contributed by atoms with Gasteiger partial charge in [0.25, 0.3) is 0 Å². The fourth-order valence-electron chi connectivity index (χ4n) is 1.84. The molecule has 4 nitrogen and oxygen atoms in total. The second kappa shape index (κ2) is 6.21. The highest BCUT2D eigenvalue weighted by atomic mass is 16.5. The largest absolute Gasteiger partial charge is 0.468 e. The third-order valence-electron chi connectivity index (χ3n) is 2.83. The van der Waals surface area contributed by atoms with Crippen molar-refractivity contribution in [1.82, 2.24) is 10.2 Å². The number of methoxy groups -OCH3 is 1. The van der Waals surface area contributed by atoms with Crippen molar-refractivity contribution in [2.45, 2.75) is 51.7 Å². The summed E-state index contributed by atoms with van der Waals surface area (Å²) in [7, 11) is 5.46. The Morgan fingerprint density at radius 1 is 1.38 bits per heavy atom. The summed E-state index contributed by atoms with van der Waals surface area (Å²) in [6.45, 7) is 8.06. The molecule has 0 rings (SSSR count). The number of hydrogen-bond donors (Lipinski definition) is 1. The van der Waals surface area contributed by atoms with E-state index in [1.54, 1.807) is 0 Å². The zero-order valence-electron chi connectivity index (χ0n) is 11.6. The standard InChI is InChI=1S/C12H26N2O2/c1-9(2)13-12(4,11(15)16-7)8-10(3)14(5)6/h9-10,13H,8H2,1-7H3. The first kappa shape index (κ1) is 15.4. The number of ether oxygens (including phenoxy) is 1. The average Bonchev–Trinajstić information content (AvgIpc) is 2.14. The molecule has 0 aromatic carbocycles. The van der Waals surface area contributed by atoms with E-state index in [1.807, 2.05) is 34.9 Å². The SMILES string of the molecule is COC(=O)C(C)(CC(C)N(C)C)NC(C)C. The van der Waals surface area contributed by atoms with E-state index in [-0.39, 0.29) is 12.0 Å². The molecule has 0 aliphatic rings. The number of carbonyl (C=O) groups excluding carboxylic acids is 1. The van der Waals surface area contributed by atoms with E-state index in [4.69, 9.17) is 4.74 Å². The van der Waals surface area contributed by atoms with Gasteiger partial charge >= 0.3 is 5.97 Å². The molecule has 1 N–H and O–H groups in total. The first-order valence-corrected chi connectivity index (χ1v) is 5.75. The summed E-state index contributed by atoms with van der Waals surface area (Å²) in [4.78, 5) is 13.9. The van der Waals surface area contributed by atoms with E-state index in [2.05, 4.69) is 17.1 Å². The zero-order chi connectivity index (χ0) is 12.9. The monoisotopic (exact) mass is 230 g/mol. The van der Waals surface area contributed by atoms with E-state index in [9.17, 15) is 4.79 Å². The third kappa shape index (κ3) is 4.49. The Kier molecular flexibility index (Phi) is 5.97. The summed E-state index contributed by atoms with van der Waals surface area (Å²) in [5, 5.41) is 3.29. The van der Waals surface area contributed by atoms with Crippen LogP contribution in [0.15, 0.2) is 0 Å². The molecule has 2 atom stereocenters. The fourth-order valence-corrected chi connectivity index (χ4v) is 1.84. The van der Waals surface area contributed by atoms with E-state index in [0.29, 0.717) is 6.04 Å². The maximum absolute atomic E-state index is 11.8.